The molecule has 0 aromatic rings. The minimum absolute atomic E-state index is 0.233. The first-order valence-corrected chi connectivity index (χ1v) is 9.36. The number of unbranched alkanes of at least 4 members (excludes halogenated alkanes) is 7. The van der Waals surface area contributed by atoms with Crippen LogP contribution in [0, 0.1) is 11.3 Å². The van der Waals surface area contributed by atoms with Gasteiger partial charge in [-0.3, -0.25) is 0 Å². The molecule has 3 unspecified atom stereocenters. The molecule has 2 nitrogen and oxygen atoms in total. The van der Waals surface area contributed by atoms with E-state index in [0.717, 1.165) is 12.8 Å². The maximum Gasteiger partial charge on any atom is 0.0117 e. The van der Waals surface area contributed by atoms with Crippen LogP contribution in [0.1, 0.15) is 98.8 Å². The van der Waals surface area contributed by atoms with Gasteiger partial charge >= 0.3 is 0 Å². The monoisotopic (exact) mass is 298 g/mol. The Morgan fingerprint density at radius 2 is 1.29 bits per heavy atom. The second-order valence-corrected chi connectivity index (χ2v) is 7.81. The van der Waals surface area contributed by atoms with Crippen molar-refractivity contribution in [1.29, 1.82) is 0 Å². The van der Waals surface area contributed by atoms with Crippen LogP contribution in [-0.4, -0.2) is 12.1 Å². The molecule has 0 heterocycles. The first-order valence-electron chi connectivity index (χ1n) is 9.36. The van der Waals surface area contributed by atoms with Crippen LogP contribution in [0.4, 0.5) is 0 Å². The third kappa shape index (κ3) is 9.52. The van der Waals surface area contributed by atoms with Gasteiger partial charge in [-0.05, 0) is 24.2 Å². The van der Waals surface area contributed by atoms with Crippen molar-refractivity contribution in [2.24, 2.45) is 22.8 Å². The van der Waals surface area contributed by atoms with Gasteiger partial charge in [-0.1, -0.05) is 86.0 Å². The van der Waals surface area contributed by atoms with Crippen molar-refractivity contribution in [3.8, 4) is 0 Å². The smallest absolute Gasteiger partial charge is 0.0117 e. The molecule has 4 N–H and O–H groups in total. The first kappa shape index (κ1) is 20.9. The van der Waals surface area contributed by atoms with Crippen molar-refractivity contribution >= 4 is 0 Å². The van der Waals surface area contributed by atoms with Crippen LogP contribution in [0.3, 0.4) is 0 Å². The van der Waals surface area contributed by atoms with Crippen molar-refractivity contribution in [3.63, 3.8) is 0 Å². The summed E-state index contributed by atoms with van der Waals surface area (Å²) in [5.74, 6) is 0.578. The van der Waals surface area contributed by atoms with Crippen LogP contribution < -0.4 is 11.5 Å². The summed E-state index contributed by atoms with van der Waals surface area (Å²) in [6, 6.07) is 0.682. The van der Waals surface area contributed by atoms with Gasteiger partial charge in [-0.25, -0.2) is 0 Å². The fourth-order valence-electron chi connectivity index (χ4n) is 3.50. The van der Waals surface area contributed by atoms with Gasteiger partial charge in [0.25, 0.3) is 0 Å². The van der Waals surface area contributed by atoms with Gasteiger partial charge in [0.1, 0.15) is 0 Å². The molecular formula is C19H42N2. The van der Waals surface area contributed by atoms with Crippen LogP contribution in [0.5, 0.6) is 0 Å². The molecule has 0 spiro atoms. The summed E-state index contributed by atoms with van der Waals surface area (Å²) >= 11 is 0. The predicted octanol–water partition coefficient (Wildman–Crippen LogP) is 5.24. The van der Waals surface area contributed by atoms with Gasteiger partial charge in [0.05, 0.1) is 0 Å². The third-order valence-corrected chi connectivity index (χ3v) is 4.94. The van der Waals surface area contributed by atoms with Crippen molar-refractivity contribution in [1.82, 2.24) is 0 Å². The Bertz CT molecular complexity index is 230. The summed E-state index contributed by atoms with van der Waals surface area (Å²) in [4.78, 5) is 0. The molecule has 0 bridgehead atoms. The quantitative estimate of drug-likeness (QED) is 0.631. The van der Waals surface area contributed by atoms with E-state index in [9.17, 15) is 0 Å². The summed E-state index contributed by atoms with van der Waals surface area (Å²) in [7, 11) is 0. The van der Waals surface area contributed by atoms with Crippen LogP contribution in [-0.2, 0) is 0 Å². The highest BCUT2D eigenvalue weighted by Gasteiger charge is 2.37. The van der Waals surface area contributed by atoms with E-state index in [1.165, 1.54) is 51.4 Å². The lowest BCUT2D eigenvalue weighted by atomic mass is 9.67. The lowest BCUT2D eigenvalue weighted by Crippen LogP contribution is -2.51. The molecule has 1 rings (SSSR count). The Balaban J connectivity index is 0.000000384. The Morgan fingerprint density at radius 3 is 1.67 bits per heavy atom. The summed E-state index contributed by atoms with van der Waals surface area (Å²) in [6.45, 7) is 11.2. The van der Waals surface area contributed by atoms with E-state index < -0.39 is 0 Å². The van der Waals surface area contributed by atoms with E-state index in [-0.39, 0.29) is 5.41 Å². The van der Waals surface area contributed by atoms with E-state index in [2.05, 4.69) is 34.6 Å². The maximum atomic E-state index is 6.06. The Hall–Kier alpha value is -0.0800. The van der Waals surface area contributed by atoms with Gasteiger partial charge in [0, 0.05) is 12.1 Å². The molecule has 0 aliphatic heterocycles. The molecule has 1 saturated carbocycles. The average Bonchev–Trinajstić information content (AvgIpc) is 2.40. The van der Waals surface area contributed by atoms with Crippen LogP contribution in [0.15, 0.2) is 0 Å². The lowest BCUT2D eigenvalue weighted by molar-refractivity contribution is 0.132. The summed E-state index contributed by atoms with van der Waals surface area (Å²) in [6.07, 6.45) is 13.6. The van der Waals surface area contributed by atoms with Crippen LogP contribution in [0.2, 0.25) is 0 Å². The highest BCUT2D eigenvalue weighted by atomic mass is 14.8. The molecule has 0 aromatic carbocycles. The zero-order valence-corrected chi connectivity index (χ0v) is 15.5. The summed E-state index contributed by atoms with van der Waals surface area (Å²) in [5.41, 5.74) is 12.2. The van der Waals surface area contributed by atoms with Crippen molar-refractivity contribution < 1.29 is 0 Å². The predicted molar refractivity (Wildman–Crippen MR) is 96.4 cm³/mol. The molecule has 0 aromatic heterocycles. The summed E-state index contributed by atoms with van der Waals surface area (Å²) in [5, 5.41) is 0. The molecule has 1 aliphatic rings. The van der Waals surface area contributed by atoms with Gasteiger partial charge in [-0.2, -0.15) is 0 Å². The molecule has 0 radical (unpaired) electrons. The molecular weight excluding hydrogens is 256 g/mol. The molecule has 0 saturated heterocycles. The van der Waals surface area contributed by atoms with Gasteiger partial charge in [0.15, 0.2) is 0 Å². The van der Waals surface area contributed by atoms with Crippen molar-refractivity contribution in [3.05, 3.63) is 0 Å². The van der Waals surface area contributed by atoms with Crippen LogP contribution in [0.25, 0.3) is 0 Å². The number of nitrogens with two attached hydrogens (primary N) is 2. The van der Waals surface area contributed by atoms with Gasteiger partial charge < -0.3 is 11.5 Å². The fourth-order valence-corrected chi connectivity index (χ4v) is 3.50. The fraction of sp³-hybridized carbons (Fsp3) is 1.00. The molecule has 2 heteroatoms. The maximum absolute atomic E-state index is 6.06. The second-order valence-electron chi connectivity index (χ2n) is 7.81. The van der Waals surface area contributed by atoms with Gasteiger partial charge in [0.2, 0.25) is 0 Å². The Morgan fingerprint density at radius 1 is 0.857 bits per heavy atom. The van der Waals surface area contributed by atoms with E-state index in [1.807, 2.05) is 0 Å². The molecule has 3 atom stereocenters. The molecule has 21 heavy (non-hydrogen) atoms. The number of rotatable bonds is 7. The molecule has 128 valence electrons. The second kappa shape index (κ2) is 11.5. The third-order valence-electron chi connectivity index (χ3n) is 4.94. The van der Waals surface area contributed by atoms with E-state index >= 15 is 0 Å². The van der Waals surface area contributed by atoms with Crippen LogP contribution >= 0.6 is 0 Å². The molecule has 1 aliphatic carbocycles. The highest BCUT2D eigenvalue weighted by Crippen LogP contribution is 2.36. The Labute approximate surface area is 134 Å². The zero-order valence-electron chi connectivity index (χ0n) is 15.5. The SMILES string of the molecule is CC1CC(N)CC(C)(C)C1N.CCCCCCCCCC. The van der Waals surface area contributed by atoms with E-state index in [0.29, 0.717) is 18.0 Å². The standard InChI is InChI=1S/C10H22.C9H20N2/c1-3-5-7-9-10-8-6-4-2;1-6-4-7(10)5-9(2,3)8(6)11/h3-10H2,1-2H3;6-8H,4-5,10-11H2,1-3H3. The average molecular weight is 299 g/mol. The van der Waals surface area contributed by atoms with Crippen molar-refractivity contribution in [2.45, 2.75) is 111 Å². The normalized spacial score (nSPS) is 27.9. The topological polar surface area (TPSA) is 52.0 Å². The van der Waals surface area contributed by atoms with Gasteiger partial charge in [-0.15, -0.1) is 0 Å². The minimum Gasteiger partial charge on any atom is -0.328 e. The highest BCUT2D eigenvalue weighted by molar-refractivity contribution is 4.94. The largest absolute Gasteiger partial charge is 0.328 e. The number of hydrogen-bond acceptors (Lipinski definition) is 2. The molecule has 1 fully saturated rings. The van der Waals surface area contributed by atoms with E-state index in [1.54, 1.807) is 0 Å². The lowest BCUT2D eigenvalue weighted by Gasteiger charge is -2.43. The minimum atomic E-state index is 0.233. The molecule has 0 amide bonds. The summed E-state index contributed by atoms with van der Waals surface area (Å²) < 4.78 is 0. The van der Waals surface area contributed by atoms with Crippen molar-refractivity contribution in [2.75, 3.05) is 0 Å². The zero-order chi connectivity index (χ0) is 16.3. The number of hydrogen-bond donors (Lipinski definition) is 2. The van der Waals surface area contributed by atoms with E-state index in [4.69, 9.17) is 11.5 Å². The Kier molecular flexibility index (Phi) is 11.4. The first-order chi connectivity index (χ1) is 9.85.